The maximum absolute atomic E-state index is 12.5. The van der Waals surface area contributed by atoms with E-state index in [1.807, 2.05) is 17.5 Å². The van der Waals surface area contributed by atoms with Crippen LogP contribution in [0.25, 0.3) is 10.7 Å². The molecule has 4 rings (SSSR count). The minimum atomic E-state index is -0.416. The van der Waals surface area contributed by atoms with Crippen molar-refractivity contribution in [2.45, 2.75) is 32.7 Å². The Morgan fingerprint density at radius 3 is 3.04 bits per heavy atom. The lowest BCUT2D eigenvalue weighted by Gasteiger charge is -2.18. The maximum atomic E-state index is 12.5. The molecule has 1 unspecified atom stereocenters. The number of ether oxygens (including phenoxy) is 1. The molecular formula is C18H19N5O3S2. The molecule has 1 N–H and O–H groups in total. The minimum Gasteiger partial charge on any atom is -0.465 e. The quantitative estimate of drug-likeness (QED) is 0.641. The van der Waals surface area contributed by atoms with Crippen LogP contribution in [0.5, 0.6) is 0 Å². The van der Waals surface area contributed by atoms with E-state index in [-0.39, 0.29) is 12.5 Å². The lowest BCUT2D eigenvalue weighted by molar-refractivity contribution is -0.117. The van der Waals surface area contributed by atoms with Gasteiger partial charge in [0.15, 0.2) is 0 Å². The van der Waals surface area contributed by atoms with Gasteiger partial charge in [-0.25, -0.2) is 4.79 Å². The zero-order valence-corrected chi connectivity index (χ0v) is 17.1. The smallest absolute Gasteiger partial charge is 0.341 e. The third-order valence-corrected chi connectivity index (χ3v) is 6.67. The van der Waals surface area contributed by atoms with Crippen LogP contribution in [-0.2, 0) is 28.9 Å². The predicted octanol–water partition coefficient (Wildman–Crippen LogP) is 3.01. The number of methoxy groups -OCH3 is 1. The number of nitrogens with zero attached hydrogens (tertiary/aromatic N) is 4. The van der Waals surface area contributed by atoms with Crippen molar-refractivity contribution >= 4 is 39.6 Å². The van der Waals surface area contributed by atoms with Gasteiger partial charge < -0.3 is 10.1 Å². The molecule has 0 saturated carbocycles. The van der Waals surface area contributed by atoms with E-state index in [9.17, 15) is 9.59 Å². The number of nitrogens with one attached hydrogen (secondary N) is 1. The van der Waals surface area contributed by atoms with Gasteiger partial charge in [-0.1, -0.05) is 13.0 Å². The fraction of sp³-hybridized carbons (Fsp3) is 0.389. The lowest BCUT2D eigenvalue weighted by Crippen LogP contribution is -2.21. The average Bonchev–Trinajstić information content (AvgIpc) is 3.39. The molecule has 0 spiro atoms. The highest BCUT2D eigenvalue weighted by Crippen LogP contribution is 2.40. The summed E-state index contributed by atoms with van der Waals surface area (Å²) in [4.78, 5) is 28.1. The van der Waals surface area contributed by atoms with Crippen molar-refractivity contribution in [2.24, 2.45) is 5.92 Å². The number of hydrogen-bond acceptors (Lipinski definition) is 8. The predicted molar refractivity (Wildman–Crippen MR) is 107 cm³/mol. The van der Waals surface area contributed by atoms with E-state index < -0.39 is 5.97 Å². The number of amides is 1. The van der Waals surface area contributed by atoms with Gasteiger partial charge in [0.05, 0.1) is 17.6 Å². The number of anilines is 1. The largest absolute Gasteiger partial charge is 0.465 e. The number of thiophene rings is 2. The first kappa shape index (κ1) is 18.8. The van der Waals surface area contributed by atoms with E-state index in [1.54, 1.807) is 0 Å². The Balaban J connectivity index is 1.52. The Hall–Kier alpha value is -2.59. The molecule has 1 amide bonds. The third kappa shape index (κ3) is 3.69. The molecule has 8 nitrogen and oxygen atoms in total. The van der Waals surface area contributed by atoms with Gasteiger partial charge in [-0.2, -0.15) is 4.80 Å². The molecule has 3 aromatic heterocycles. The van der Waals surface area contributed by atoms with Crippen LogP contribution in [0.4, 0.5) is 5.00 Å². The Bertz CT molecular complexity index is 1010. The zero-order valence-electron chi connectivity index (χ0n) is 15.5. The van der Waals surface area contributed by atoms with E-state index in [4.69, 9.17) is 4.74 Å². The monoisotopic (exact) mass is 417 g/mol. The second kappa shape index (κ2) is 7.80. The first-order valence-electron chi connectivity index (χ1n) is 8.89. The first-order valence-corrected chi connectivity index (χ1v) is 10.6. The van der Waals surface area contributed by atoms with Gasteiger partial charge in [0.25, 0.3) is 0 Å². The summed E-state index contributed by atoms with van der Waals surface area (Å²) in [6, 6.07) is 3.80. The molecule has 10 heteroatoms. The number of rotatable bonds is 5. The Kier molecular flexibility index (Phi) is 5.23. The summed E-state index contributed by atoms with van der Waals surface area (Å²) < 4.78 is 4.95. The van der Waals surface area contributed by atoms with Crippen LogP contribution in [0.2, 0.25) is 0 Å². The zero-order chi connectivity index (χ0) is 19.7. The Morgan fingerprint density at radius 1 is 1.43 bits per heavy atom. The van der Waals surface area contributed by atoms with Crippen LogP contribution in [0.3, 0.4) is 0 Å². The lowest BCUT2D eigenvalue weighted by atomic mass is 9.88. The molecule has 0 fully saturated rings. The van der Waals surface area contributed by atoms with Gasteiger partial charge in [-0.15, -0.1) is 32.9 Å². The maximum Gasteiger partial charge on any atom is 0.341 e. The summed E-state index contributed by atoms with van der Waals surface area (Å²) in [6.45, 7) is 2.11. The van der Waals surface area contributed by atoms with Crippen molar-refractivity contribution in [1.82, 2.24) is 20.2 Å². The van der Waals surface area contributed by atoms with Crippen LogP contribution in [0.1, 0.15) is 34.1 Å². The standard InChI is InChI=1S/C18H19N5O3S2/c1-10-5-6-11-13(8-10)28-17(15(11)18(25)26-2)19-14(24)9-23-21-16(20-22-23)12-4-3-7-27-12/h3-4,7,10H,5-6,8-9H2,1-2H3,(H,19,24). The highest BCUT2D eigenvalue weighted by atomic mass is 32.1. The minimum absolute atomic E-state index is 0.0854. The van der Waals surface area contributed by atoms with Crippen LogP contribution < -0.4 is 5.32 Å². The SMILES string of the molecule is COC(=O)c1c(NC(=O)Cn2nnc(-c3cccs3)n2)sc2c1CCC(C)C2. The molecule has 0 aromatic carbocycles. The van der Waals surface area contributed by atoms with E-state index in [0.717, 1.165) is 34.6 Å². The Labute approximate surface area is 169 Å². The highest BCUT2D eigenvalue weighted by molar-refractivity contribution is 7.17. The van der Waals surface area contributed by atoms with Crippen molar-refractivity contribution in [2.75, 3.05) is 12.4 Å². The van der Waals surface area contributed by atoms with Crippen LogP contribution in [0, 0.1) is 5.92 Å². The molecule has 0 bridgehead atoms. The molecule has 3 aromatic rings. The van der Waals surface area contributed by atoms with Crippen molar-refractivity contribution in [3.63, 3.8) is 0 Å². The van der Waals surface area contributed by atoms with Crippen LogP contribution in [-0.4, -0.2) is 39.2 Å². The number of carbonyl (C=O) groups excluding carboxylic acids is 2. The first-order chi connectivity index (χ1) is 13.5. The molecule has 1 aliphatic carbocycles. The van der Waals surface area contributed by atoms with Crippen molar-refractivity contribution in [1.29, 1.82) is 0 Å². The van der Waals surface area contributed by atoms with E-state index in [2.05, 4.69) is 27.7 Å². The topological polar surface area (TPSA) is 99.0 Å². The van der Waals surface area contributed by atoms with Gasteiger partial charge in [-0.05, 0) is 47.4 Å². The molecule has 1 atom stereocenters. The molecular weight excluding hydrogens is 398 g/mol. The van der Waals surface area contributed by atoms with Crippen LogP contribution >= 0.6 is 22.7 Å². The molecule has 146 valence electrons. The summed E-state index contributed by atoms with van der Waals surface area (Å²) in [7, 11) is 1.36. The van der Waals surface area contributed by atoms with Gasteiger partial charge in [0.1, 0.15) is 11.5 Å². The van der Waals surface area contributed by atoms with E-state index in [1.165, 1.54) is 34.6 Å². The fourth-order valence-corrected chi connectivity index (χ4v) is 5.33. The second-order valence-electron chi connectivity index (χ2n) is 6.72. The number of esters is 1. The average molecular weight is 418 g/mol. The number of fused-ring (bicyclic) bond motifs is 1. The van der Waals surface area contributed by atoms with Gasteiger partial charge in [0, 0.05) is 4.88 Å². The normalized spacial score (nSPS) is 15.9. The van der Waals surface area contributed by atoms with Crippen molar-refractivity contribution < 1.29 is 14.3 Å². The summed E-state index contributed by atoms with van der Waals surface area (Å²) in [5.41, 5.74) is 1.48. The molecule has 1 aliphatic rings. The number of tetrazole rings is 1. The molecule has 0 radical (unpaired) electrons. The molecule has 0 aliphatic heterocycles. The number of hydrogen-bond donors (Lipinski definition) is 1. The summed E-state index contributed by atoms with van der Waals surface area (Å²) >= 11 is 2.96. The second-order valence-corrected chi connectivity index (χ2v) is 8.77. The number of aromatic nitrogens is 4. The van der Waals surface area contributed by atoms with Gasteiger partial charge in [0.2, 0.25) is 11.7 Å². The van der Waals surface area contributed by atoms with Crippen molar-refractivity contribution in [3.05, 3.63) is 33.5 Å². The van der Waals surface area contributed by atoms with Crippen LogP contribution in [0.15, 0.2) is 17.5 Å². The van der Waals surface area contributed by atoms with Gasteiger partial charge in [-0.3, -0.25) is 4.79 Å². The Morgan fingerprint density at radius 2 is 2.29 bits per heavy atom. The third-order valence-electron chi connectivity index (χ3n) is 4.63. The fourth-order valence-electron chi connectivity index (χ4n) is 3.27. The summed E-state index contributed by atoms with van der Waals surface area (Å²) in [5.74, 6) is 0.321. The highest BCUT2D eigenvalue weighted by Gasteiger charge is 2.29. The van der Waals surface area contributed by atoms with Gasteiger partial charge >= 0.3 is 5.97 Å². The van der Waals surface area contributed by atoms with E-state index in [0.29, 0.717) is 22.3 Å². The molecule has 28 heavy (non-hydrogen) atoms. The van der Waals surface area contributed by atoms with Crippen molar-refractivity contribution in [3.8, 4) is 10.7 Å². The molecule has 0 saturated heterocycles. The number of carbonyl (C=O) groups is 2. The van der Waals surface area contributed by atoms with E-state index >= 15 is 0 Å². The molecule has 3 heterocycles. The summed E-state index contributed by atoms with van der Waals surface area (Å²) in [5, 5.41) is 17.5. The summed E-state index contributed by atoms with van der Waals surface area (Å²) in [6.07, 6.45) is 2.76.